The van der Waals surface area contributed by atoms with E-state index in [1.165, 1.54) is 12.1 Å². The SMILES string of the molecule is CC1(O)CCOC2(CCN(C(=O)c3ccc(C(F)(F)F)cc3)CC2)C1. The number of hydrogen-bond acceptors (Lipinski definition) is 3. The first-order valence-corrected chi connectivity index (χ1v) is 8.43. The molecular formula is C18H22F3NO3. The van der Waals surface area contributed by atoms with Crippen LogP contribution < -0.4 is 0 Å². The van der Waals surface area contributed by atoms with Gasteiger partial charge in [0.15, 0.2) is 0 Å². The first-order chi connectivity index (χ1) is 11.6. The lowest BCUT2D eigenvalue weighted by atomic mass is 9.78. The predicted molar refractivity (Wildman–Crippen MR) is 85.1 cm³/mol. The Hall–Kier alpha value is -1.60. The second kappa shape index (κ2) is 6.29. The topological polar surface area (TPSA) is 49.8 Å². The van der Waals surface area contributed by atoms with Crippen molar-refractivity contribution in [2.24, 2.45) is 0 Å². The van der Waals surface area contributed by atoms with Gasteiger partial charge in [-0.25, -0.2) is 0 Å². The molecule has 7 heteroatoms. The molecule has 1 amide bonds. The van der Waals surface area contributed by atoms with Gasteiger partial charge in [-0.15, -0.1) is 0 Å². The number of amides is 1. The molecule has 2 aliphatic rings. The van der Waals surface area contributed by atoms with Crippen LogP contribution >= 0.6 is 0 Å². The van der Waals surface area contributed by atoms with Crippen LogP contribution in [-0.2, 0) is 10.9 Å². The van der Waals surface area contributed by atoms with E-state index in [1.54, 1.807) is 11.8 Å². The number of likely N-dealkylation sites (tertiary alicyclic amines) is 1. The third kappa shape index (κ3) is 3.98. The molecule has 4 nitrogen and oxygen atoms in total. The number of carbonyl (C=O) groups is 1. The minimum atomic E-state index is -4.41. The molecule has 1 aromatic carbocycles. The number of hydrogen-bond donors (Lipinski definition) is 1. The highest BCUT2D eigenvalue weighted by atomic mass is 19.4. The summed E-state index contributed by atoms with van der Waals surface area (Å²) in [5.74, 6) is -0.272. The second-order valence-corrected chi connectivity index (χ2v) is 7.32. The lowest BCUT2D eigenvalue weighted by Crippen LogP contribution is -2.54. The van der Waals surface area contributed by atoms with Crippen molar-refractivity contribution in [2.45, 2.75) is 50.0 Å². The molecule has 0 saturated carbocycles. The Morgan fingerprint density at radius 3 is 2.28 bits per heavy atom. The molecule has 0 bridgehead atoms. The van der Waals surface area contributed by atoms with Crippen molar-refractivity contribution in [2.75, 3.05) is 19.7 Å². The number of rotatable bonds is 1. The van der Waals surface area contributed by atoms with E-state index in [1.807, 2.05) is 0 Å². The average Bonchev–Trinajstić information content (AvgIpc) is 2.53. The molecule has 2 heterocycles. The Labute approximate surface area is 144 Å². The smallest absolute Gasteiger partial charge is 0.390 e. The summed E-state index contributed by atoms with van der Waals surface area (Å²) in [6, 6.07) is 4.30. The summed E-state index contributed by atoms with van der Waals surface area (Å²) in [5.41, 5.74) is -1.67. The summed E-state index contributed by atoms with van der Waals surface area (Å²) >= 11 is 0. The molecule has 0 aromatic heterocycles. The van der Waals surface area contributed by atoms with E-state index in [0.29, 0.717) is 45.4 Å². The van der Waals surface area contributed by atoms with Crippen LogP contribution in [0, 0.1) is 0 Å². The number of ether oxygens (including phenoxy) is 1. The minimum Gasteiger partial charge on any atom is -0.390 e. The van der Waals surface area contributed by atoms with E-state index in [4.69, 9.17) is 4.74 Å². The molecule has 1 unspecified atom stereocenters. The van der Waals surface area contributed by atoms with E-state index >= 15 is 0 Å². The fourth-order valence-corrected chi connectivity index (χ4v) is 3.74. The normalized spacial score (nSPS) is 26.7. The van der Waals surface area contributed by atoms with Gasteiger partial charge in [-0.2, -0.15) is 13.2 Å². The molecule has 0 aliphatic carbocycles. The fourth-order valence-electron chi connectivity index (χ4n) is 3.74. The van der Waals surface area contributed by atoms with Crippen LogP contribution in [0.3, 0.4) is 0 Å². The van der Waals surface area contributed by atoms with Gasteiger partial charge in [0, 0.05) is 25.1 Å². The Bertz CT molecular complexity index is 632. The van der Waals surface area contributed by atoms with Crippen LogP contribution in [-0.4, -0.2) is 46.8 Å². The quantitative estimate of drug-likeness (QED) is 0.839. The standard InChI is InChI=1S/C18H22F3NO3/c1-16(24)8-11-25-17(12-16)6-9-22(10-7-17)15(23)13-2-4-14(5-3-13)18(19,20)21/h2-5,24H,6-12H2,1H3. The number of aliphatic hydroxyl groups is 1. The van der Waals surface area contributed by atoms with Crippen molar-refractivity contribution in [3.63, 3.8) is 0 Å². The van der Waals surface area contributed by atoms with Gasteiger partial charge >= 0.3 is 6.18 Å². The third-order valence-corrected chi connectivity index (χ3v) is 5.17. The zero-order valence-electron chi connectivity index (χ0n) is 14.1. The second-order valence-electron chi connectivity index (χ2n) is 7.32. The molecule has 1 spiro atoms. The molecule has 2 saturated heterocycles. The van der Waals surface area contributed by atoms with Crippen LogP contribution in [0.1, 0.15) is 48.5 Å². The Morgan fingerprint density at radius 2 is 1.76 bits per heavy atom. The molecule has 1 N–H and O–H groups in total. The highest BCUT2D eigenvalue weighted by Gasteiger charge is 2.45. The lowest BCUT2D eigenvalue weighted by molar-refractivity contribution is -0.170. The van der Waals surface area contributed by atoms with Crippen molar-refractivity contribution in [3.8, 4) is 0 Å². The summed E-state index contributed by atoms with van der Waals surface area (Å²) in [5, 5.41) is 10.3. The monoisotopic (exact) mass is 357 g/mol. The molecular weight excluding hydrogens is 335 g/mol. The van der Waals surface area contributed by atoms with E-state index in [9.17, 15) is 23.1 Å². The highest BCUT2D eigenvalue weighted by molar-refractivity contribution is 5.94. The summed E-state index contributed by atoms with van der Waals surface area (Å²) < 4.78 is 43.7. The van der Waals surface area contributed by atoms with Crippen LogP contribution in [0.25, 0.3) is 0 Å². The summed E-state index contributed by atoms with van der Waals surface area (Å²) in [7, 11) is 0. The molecule has 25 heavy (non-hydrogen) atoms. The number of alkyl halides is 3. The number of halogens is 3. The van der Waals surface area contributed by atoms with Crippen molar-refractivity contribution < 1.29 is 27.8 Å². The largest absolute Gasteiger partial charge is 0.416 e. The molecule has 3 rings (SSSR count). The molecule has 2 aliphatic heterocycles. The zero-order chi connectivity index (χ0) is 18.3. The van der Waals surface area contributed by atoms with Gasteiger partial charge < -0.3 is 14.7 Å². The van der Waals surface area contributed by atoms with Crippen molar-refractivity contribution in [1.29, 1.82) is 0 Å². The zero-order valence-corrected chi connectivity index (χ0v) is 14.1. The minimum absolute atomic E-state index is 0.250. The molecule has 1 aromatic rings. The molecule has 138 valence electrons. The summed E-state index contributed by atoms with van der Waals surface area (Å²) in [6.45, 7) is 3.24. The molecule has 0 radical (unpaired) electrons. The van der Waals surface area contributed by atoms with Crippen LogP contribution in [0.5, 0.6) is 0 Å². The first-order valence-electron chi connectivity index (χ1n) is 8.43. The van der Waals surface area contributed by atoms with Gasteiger partial charge in [0.1, 0.15) is 0 Å². The van der Waals surface area contributed by atoms with Gasteiger partial charge in [-0.05, 0) is 50.5 Å². The van der Waals surface area contributed by atoms with Crippen LogP contribution in [0.15, 0.2) is 24.3 Å². The maximum Gasteiger partial charge on any atom is 0.416 e. The molecule has 1 atom stereocenters. The van der Waals surface area contributed by atoms with Gasteiger partial charge in [-0.3, -0.25) is 4.79 Å². The van der Waals surface area contributed by atoms with Gasteiger partial charge in [0.05, 0.1) is 23.4 Å². The Kier molecular flexibility index (Phi) is 4.58. The Morgan fingerprint density at radius 1 is 1.16 bits per heavy atom. The highest BCUT2D eigenvalue weighted by Crippen LogP contribution is 2.39. The van der Waals surface area contributed by atoms with Crippen LogP contribution in [0.2, 0.25) is 0 Å². The number of nitrogens with zero attached hydrogens (tertiary/aromatic N) is 1. The first kappa shape index (κ1) is 18.2. The van der Waals surface area contributed by atoms with E-state index in [-0.39, 0.29) is 11.5 Å². The van der Waals surface area contributed by atoms with E-state index < -0.39 is 22.9 Å². The lowest BCUT2D eigenvalue weighted by Gasteiger charge is -2.48. The van der Waals surface area contributed by atoms with Gasteiger partial charge in [0.2, 0.25) is 0 Å². The average molecular weight is 357 g/mol. The number of benzene rings is 1. The van der Waals surface area contributed by atoms with E-state index in [2.05, 4.69) is 0 Å². The van der Waals surface area contributed by atoms with Crippen molar-refractivity contribution in [3.05, 3.63) is 35.4 Å². The Balaban J connectivity index is 1.64. The van der Waals surface area contributed by atoms with Gasteiger partial charge in [0.25, 0.3) is 5.91 Å². The fraction of sp³-hybridized carbons (Fsp3) is 0.611. The number of carbonyl (C=O) groups excluding carboxylic acids is 1. The predicted octanol–water partition coefficient (Wildman–Crippen LogP) is 3.24. The molecule has 2 fully saturated rings. The van der Waals surface area contributed by atoms with Crippen molar-refractivity contribution >= 4 is 5.91 Å². The van der Waals surface area contributed by atoms with Gasteiger partial charge in [-0.1, -0.05) is 0 Å². The maximum atomic E-state index is 12.6. The van der Waals surface area contributed by atoms with Crippen LogP contribution in [0.4, 0.5) is 13.2 Å². The maximum absolute atomic E-state index is 12.6. The van der Waals surface area contributed by atoms with E-state index in [0.717, 1.165) is 12.1 Å². The summed E-state index contributed by atoms with van der Waals surface area (Å²) in [6.07, 6.45) is -2.02. The third-order valence-electron chi connectivity index (χ3n) is 5.17. The van der Waals surface area contributed by atoms with Crippen molar-refractivity contribution in [1.82, 2.24) is 4.90 Å². The summed E-state index contributed by atoms with van der Waals surface area (Å²) in [4.78, 5) is 14.2. The number of piperidine rings is 1.